The van der Waals surface area contributed by atoms with E-state index >= 15 is 0 Å². The molecule has 5 N–H and O–H groups in total. The average molecular weight is 826 g/mol. The highest BCUT2D eigenvalue weighted by Gasteiger charge is 2.41. The Kier molecular flexibility index (Phi) is 12.6. The van der Waals surface area contributed by atoms with E-state index in [1.54, 1.807) is 39.3 Å². The fourth-order valence-electron chi connectivity index (χ4n) is 8.84. The molecule has 3 amide bonds. The number of rotatable bonds is 8. The number of carbonyl (C=O) groups excluding carboxylic acids is 4. The number of pyridine rings is 1. The standard InChI is InChI=1S/C45H56FN7O7/c1-25(2)40(52(5)42(56)34-21-48-22-35(34)46)41(55)50-38-16-26-14-29(17-30(54)15-26)27-9-10-36-31(18-27)32(39(49-36)33-20-47-12-11-28(33)23-59-6)19-45(3,4)24-60-44(58)37-8-7-13-53(51-37)43(38)57/h9-12,14-15,17-18,20,25,34-35,37-38,40,48-49,51,54H,7-8,13,16,19,21-24H2,1-6H3,(H,50,55)/t34-,35+,37+,38+,40+/m1/s1. The third kappa shape index (κ3) is 9.03. The Balaban J connectivity index is 1.30. The highest BCUT2D eigenvalue weighted by Crippen LogP contribution is 2.39. The number of nitrogens with one attached hydrogen (secondary N) is 4. The van der Waals surface area contributed by atoms with Gasteiger partial charge in [0.15, 0.2) is 0 Å². The molecule has 0 aliphatic carbocycles. The summed E-state index contributed by atoms with van der Waals surface area (Å²) in [5, 5.41) is 19.3. The number of hydrogen-bond donors (Lipinski definition) is 5. The third-order valence-corrected chi connectivity index (χ3v) is 11.9. The van der Waals surface area contributed by atoms with Gasteiger partial charge >= 0.3 is 5.97 Å². The summed E-state index contributed by atoms with van der Waals surface area (Å²) < 4.78 is 26.2. The molecular weight excluding hydrogens is 770 g/mol. The molecule has 4 aromatic rings. The molecule has 5 heterocycles. The van der Waals surface area contributed by atoms with Gasteiger partial charge in [0.25, 0.3) is 5.91 Å². The quantitative estimate of drug-likeness (QED) is 0.160. The number of fused-ring (bicyclic) bond motifs is 6. The number of aromatic amines is 1. The van der Waals surface area contributed by atoms with Crippen LogP contribution in [0.15, 0.2) is 54.9 Å². The number of phenols is 1. The van der Waals surface area contributed by atoms with Gasteiger partial charge in [-0.3, -0.25) is 29.2 Å². The Hall–Kier alpha value is -5.38. The molecule has 3 aliphatic heterocycles. The molecule has 15 heteroatoms. The summed E-state index contributed by atoms with van der Waals surface area (Å²) >= 11 is 0. The molecule has 60 heavy (non-hydrogen) atoms. The van der Waals surface area contributed by atoms with Crippen LogP contribution < -0.4 is 16.1 Å². The average Bonchev–Trinajstić information content (AvgIpc) is 3.81. The first-order valence-electron chi connectivity index (χ1n) is 20.7. The fraction of sp³-hybridized carbons (Fsp3) is 0.489. The lowest BCUT2D eigenvalue weighted by Crippen LogP contribution is -2.62. The van der Waals surface area contributed by atoms with Gasteiger partial charge in [-0.05, 0) is 83.3 Å². The van der Waals surface area contributed by atoms with E-state index in [1.165, 1.54) is 17.0 Å². The summed E-state index contributed by atoms with van der Waals surface area (Å²) in [6.45, 7) is 8.62. The number of likely N-dealkylation sites (N-methyl/N-ethyl adjacent to an activating group) is 1. The van der Waals surface area contributed by atoms with E-state index < -0.39 is 59.3 Å². The smallest absolute Gasteiger partial charge is 0.324 e. The Morgan fingerprint density at radius 1 is 1.13 bits per heavy atom. The number of amides is 3. The first-order chi connectivity index (χ1) is 28.6. The number of ether oxygens (including phenoxy) is 2. The van der Waals surface area contributed by atoms with Crippen LogP contribution in [0.3, 0.4) is 0 Å². The molecule has 0 spiro atoms. The van der Waals surface area contributed by atoms with Crippen LogP contribution in [-0.2, 0) is 48.1 Å². The number of cyclic esters (lactones) is 1. The van der Waals surface area contributed by atoms with Crippen LogP contribution in [0.25, 0.3) is 33.3 Å². The van der Waals surface area contributed by atoms with Crippen LogP contribution in [0.4, 0.5) is 4.39 Å². The SMILES string of the molecule is COCc1ccncc1-c1[nH]c2ccc3cc2c1CC(C)(C)COC(=O)[C@@H]1CCCN(N1)C(=O)[C@@H](NC(=O)[C@H](C(C)C)N(C)C(=O)[C@@H]1CNC[C@@H]1F)Cc1cc(O)cc-3c1. The Labute approximate surface area is 349 Å². The molecule has 6 bridgehead atoms. The summed E-state index contributed by atoms with van der Waals surface area (Å²) in [5.41, 5.74) is 9.22. The van der Waals surface area contributed by atoms with E-state index in [0.717, 1.165) is 38.9 Å². The summed E-state index contributed by atoms with van der Waals surface area (Å²) in [6.07, 6.45) is 3.61. The van der Waals surface area contributed by atoms with E-state index in [4.69, 9.17) is 9.47 Å². The van der Waals surface area contributed by atoms with Crippen molar-refractivity contribution in [3.05, 3.63) is 71.5 Å². The van der Waals surface area contributed by atoms with Crippen molar-refractivity contribution in [1.29, 1.82) is 0 Å². The van der Waals surface area contributed by atoms with Crippen LogP contribution in [-0.4, -0.2) is 113 Å². The number of H-pyrrole nitrogens is 1. The Bertz CT molecular complexity index is 2260. The number of hydrazine groups is 1. The Morgan fingerprint density at radius 2 is 1.93 bits per heavy atom. The number of nitrogens with zero attached hydrogens (tertiary/aromatic N) is 3. The molecule has 0 saturated carbocycles. The zero-order valence-corrected chi connectivity index (χ0v) is 35.1. The van der Waals surface area contributed by atoms with Crippen LogP contribution >= 0.6 is 0 Å². The second kappa shape index (κ2) is 17.7. The van der Waals surface area contributed by atoms with Crippen LogP contribution in [0.1, 0.15) is 57.2 Å². The highest BCUT2D eigenvalue weighted by molar-refractivity contribution is 5.95. The first kappa shape index (κ1) is 42.7. The minimum Gasteiger partial charge on any atom is -0.508 e. The molecular formula is C45H56FN7O7. The summed E-state index contributed by atoms with van der Waals surface area (Å²) in [7, 11) is 3.14. The lowest BCUT2D eigenvalue weighted by atomic mass is 9.84. The number of hydrogen-bond acceptors (Lipinski definition) is 10. The molecule has 320 valence electrons. The van der Waals surface area contributed by atoms with Gasteiger partial charge in [-0.1, -0.05) is 39.8 Å². The second-order valence-electron chi connectivity index (χ2n) is 17.5. The largest absolute Gasteiger partial charge is 0.508 e. The maximum atomic E-state index is 14.7. The van der Waals surface area contributed by atoms with Crippen molar-refractivity contribution in [3.63, 3.8) is 0 Å². The van der Waals surface area contributed by atoms with Crippen molar-refractivity contribution in [2.45, 2.75) is 84.3 Å². The molecule has 0 radical (unpaired) electrons. The van der Waals surface area contributed by atoms with Gasteiger partial charge in [-0.25, -0.2) is 9.82 Å². The van der Waals surface area contributed by atoms with Crippen molar-refractivity contribution in [1.82, 2.24) is 35.9 Å². The van der Waals surface area contributed by atoms with Gasteiger partial charge < -0.3 is 35.1 Å². The lowest BCUT2D eigenvalue weighted by Gasteiger charge is -2.37. The molecule has 0 unspecified atom stereocenters. The van der Waals surface area contributed by atoms with Gasteiger partial charge in [-0.15, -0.1) is 0 Å². The van der Waals surface area contributed by atoms with Crippen LogP contribution in [0, 0.1) is 17.3 Å². The molecule has 2 saturated heterocycles. The minimum absolute atomic E-state index is 0.0274. The number of carbonyl (C=O) groups is 4. The lowest BCUT2D eigenvalue weighted by molar-refractivity contribution is -0.155. The zero-order chi connectivity index (χ0) is 42.9. The maximum Gasteiger partial charge on any atom is 0.324 e. The minimum atomic E-state index is -1.38. The van der Waals surface area contributed by atoms with E-state index in [2.05, 4.69) is 32.1 Å². The van der Waals surface area contributed by atoms with Gasteiger partial charge in [0.2, 0.25) is 11.8 Å². The number of aromatic nitrogens is 2. The van der Waals surface area contributed by atoms with E-state index in [-0.39, 0.29) is 44.3 Å². The number of alkyl halides is 1. The fourth-order valence-corrected chi connectivity index (χ4v) is 8.84. The van der Waals surface area contributed by atoms with Gasteiger partial charge in [0, 0.05) is 74.5 Å². The van der Waals surface area contributed by atoms with E-state index in [1.807, 2.05) is 44.3 Å². The third-order valence-electron chi connectivity index (χ3n) is 11.9. The molecule has 14 nitrogen and oxygen atoms in total. The molecule has 2 aromatic heterocycles. The number of esters is 1. The topological polar surface area (TPSA) is 178 Å². The number of halogens is 1. The van der Waals surface area contributed by atoms with Gasteiger partial charge in [0.05, 0.1) is 24.8 Å². The summed E-state index contributed by atoms with van der Waals surface area (Å²) in [6, 6.07) is 10.0. The second-order valence-corrected chi connectivity index (χ2v) is 17.5. The molecule has 3 aliphatic rings. The zero-order valence-electron chi connectivity index (χ0n) is 35.1. The monoisotopic (exact) mass is 825 g/mol. The number of phenolic OH excluding ortho intramolecular Hbond substituents is 1. The molecule has 2 fully saturated rings. The normalized spacial score (nSPS) is 22.6. The van der Waals surface area contributed by atoms with Crippen molar-refractivity contribution in [2.75, 3.05) is 40.4 Å². The molecule has 7 rings (SSSR count). The number of benzene rings is 2. The van der Waals surface area contributed by atoms with Crippen molar-refractivity contribution >= 4 is 34.6 Å². The van der Waals surface area contributed by atoms with Gasteiger partial charge in [0.1, 0.15) is 30.0 Å². The van der Waals surface area contributed by atoms with Crippen LogP contribution in [0.2, 0.25) is 0 Å². The van der Waals surface area contributed by atoms with E-state index in [9.17, 15) is 28.7 Å². The predicted octanol–water partition coefficient (Wildman–Crippen LogP) is 4.44. The maximum absolute atomic E-state index is 14.7. The predicted molar refractivity (Wildman–Crippen MR) is 224 cm³/mol. The van der Waals surface area contributed by atoms with Crippen molar-refractivity contribution in [2.24, 2.45) is 17.3 Å². The van der Waals surface area contributed by atoms with E-state index in [0.29, 0.717) is 37.0 Å². The van der Waals surface area contributed by atoms with Crippen molar-refractivity contribution < 1.29 is 38.1 Å². The summed E-state index contributed by atoms with van der Waals surface area (Å²) in [5.74, 6) is -3.41. The first-order valence-corrected chi connectivity index (χ1v) is 20.7. The summed E-state index contributed by atoms with van der Waals surface area (Å²) in [4.78, 5) is 65.4. The van der Waals surface area contributed by atoms with Gasteiger partial charge in [-0.2, -0.15) is 0 Å². The highest BCUT2D eigenvalue weighted by atomic mass is 19.1. The van der Waals surface area contributed by atoms with Crippen molar-refractivity contribution in [3.8, 4) is 28.1 Å². The molecule has 2 aromatic carbocycles. The Morgan fingerprint density at radius 3 is 2.67 bits per heavy atom. The molecule has 5 atom stereocenters. The van der Waals surface area contributed by atoms with Crippen LogP contribution in [0.5, 0.6) is 5.75 Å². The number of aromatic hydroxyl groups is 1. The number of methoxy groups -OCH3 is 1.